The van der Waals surface area contributed by atoms with Crippen LogP contribution in [0.5, 0.6) is 11.5 Å². The van der Waals surface area contributed by atoms with Gasteiger partial charge in [-0.3, -0.25) is 4.79 Å². The van der Waals surface area contributed by atoms with E-state index >= 15 is 0 Å². The van der Waals surface area contributed by atoms with E-state index in [1.54, 1.807) is 0 Å². The molecule has 0 saturated carbocycles. The SMILES string of the molecule is CC(Cc1ccc2c(c1)OCO2)C(C)NCCCCN1CCCCC1=O. The maximum Gasteiger partial charge on any atom is 0.231 e. The number of likely N-dealkylation sites (tertiary alicyclic amines) is 1. The Morgan fingerprint density at radius 2 is 2.00 bits per heavy atom. The quantitative estimate of drug-likeness (QED) is 0.686. The molecule has 0 spiro atoms. The molecule has 3 rings (SSSR count). The fourth-order valence-corrected chi connectivity index (χ4v) is 3.67. The number of ether oxygens (including phenoxy) is 2. The molecule has 1 fully saturated rings. The van der Waals surface area contributed by atoms with Gasteiger partial charge in [-0.15, -0.1) is 0 Å². The molecule has 26 heavy (non-hydrogen) atoms. The Hall–Kier alpha value is -1.75. The zero-order valence-corrected chi connectivity index (χ0v) is 16.1. The van der Waals surface area contributed by atoms with Crippen molar-refractivity contribution in [1.82, 2.24) is 10.2 Å². The van der Waals surface area contributed by atoms with Crippen molar-refractivity contribution < 1.29 is 14.3 Å². The molecule has 5 heteroatoms. The van der Waals surface area contributed by atoms with Crippen molar-refractivity contribution in [1.29, 1.82) is 0 Å². The summed E-state index contributed by atoms with van der Waals surface area (Å²) in [4.78, 5) is 13.8. The molecular formula is C21H32N2O3. The number of hydrogen-bond acceptors (Lipinski definition) is 4. The van der Waals surface area contributed by atoms with Crippen LogP contribution in [-0.2, 0) is 11.2 Å². The standard InChI is InChI=1S/C21H32N2O3/c1-16(13-18-8-9-19-20(14-18)26-15-25-19)17(2)22-10-4-6-12-23-11-5-3-7-21(23)24/h8-9,14,16-17,22H,3-7,10-13,15H2,1-2H3. The van der Waals surface area contributed by atoms with E-state index in [-0.39, 0.29) is 0 Å². The largest absolute Gasteiger partial charge is 0.454 e. The number of nitrogens with zero attached hydrogens (tertiary/aromatic N) is 1. The minimum absolute atomic E-state index is 0.329. The molecule has 1 aromatic rings. The molecule has 2 atom stereocenters. The van der Waals surface area contributed by atoms with Crippen LogP contribution >= 0.6 is 0 Å². The number of amides is 1. The number of fused-ring (bicyclic) bond motifs is 1. The highest BCUT2D eigenvalue weighted by Gasteiger charge is 2.18. The van der Waals surface area contributed by atoms with Crippen molar-refractivity contribution in [3.63, 3.8) is 0 Å². The first-order valence-electron chi connectivity index (χ1n) is 10.0. The molecule has 0 aliphatic carbocycles. The molecule has 1 aromatic carbocycles. The van der Waals surface area contributed by atoms with E-state index in [2.05, 4.69) is 31.3 Å². The van der Waals surface area contributed by atoms with Gasteiger partial charge in [0.05, 0.1) is 0 Å². The van der Waals surface area contributed by atoms with Gasteiger partial charge in [0.2, 0.25) is 12.7 Å². The lowest BCUT2D eigenvalue weighted by atomic mass is 9.94. The Kier molecular flexibility index (Phi) is 6.78. The summed E-state index contributed by atoms with van der Waals surface area (Å²) < 4.78 is 10.8. The summed E-state index contributed by atoms with van der Waals surface area (Å²) in [6.07, 6.45) is 6.20. The van der Waals surface area contributed by atoms with E-state index < -0.39 is 0 Å². The van der Waals surface area contributed by atoms with Crippen molar-refractivity contribution in [3.05, 3.63) is 23.8 Å². The maximum absolute atomic E-state index is 11.8. The zero-order valence-electron chi connectivity index (χ0n) is 16.1. The van der Waals surface area contributed by atoms with Crippen LogP contribution < -0.4 is 14.8 Å². The average Bonchev–Trinajstić information content (AvgIpc) is 3.10. The van der Waals surface area contributed by atoms with Crippen molar-refractivity contribution in [2.24, 2.45) is 5.92 Å². The second kappa shape index (κ2) is 9.26. The highest BCUT2D eigenvalue weighted by molar-refractivity contribution is 5.76. The summed E-state index contributed by atoms with van der Waals surface area (Å²) in [5, 5.41) is 3.64. The fourth-order valence-electron chi connectivity index (χ4n) is 3.67. The number of carbonyl (C=O) groups excluding carboxylic acids is 1. The Balaban J connectivity index is 1.32. The molecule has 0 aromatic heterocycles. The molecule has 2 heterocycles. The minimum atomic E-state index is 0.329. The van der Waals surface area contributed by atoms with Crippen LogP contribution in [0.4, 0.5) is 0 Å². The van der Waals surface area contributed by atoms with Gasteiger partial charge in [0.15, 0.2) is 11.5 Å². The minimum Gasteiger partial charge on any atom is -0.454 e. The number of piperidine rings is 1. The summed E-state index contributed by atoms with van der Waals surface area (Å²) in [6.45, 7) is 7.75. The van der Waals surface area contributed by atoms with Gasteiger partial charge >= 0.3 is 0 Å². The third-order valence-electron chi connectivity index (χ3n) is 5.59. The van der Waals surface area contributed by atoms with Gasteiger partial charge in [-0.05, 0) is 69.2 Å². The van der Waals surface area contributed by atoms with Crippen LogP contribution in [0.1, 0.15) is 51.5 Å². The summed E-state index contributed by atoms with van der Waals surface area (Å²) in [5.41, 5.74) is 1.29. The maximum atomic E-state index is 11.8. The number of unbranched alkanes of at least 4 members (excludes halogenated alkanes) is 1. The van der Waals surface area contributed by atoms with Gasteiger partial charge in [-0.1, -0.05) is 13.0 Å². The van der Waals surface area contributed by atoms with Crippen molar-refractivity contribution in [3.8, 4) is 11.5 Å². The van der Waals surface area contributed by atoms with Crippen LogP contribution in [-0.4, -0.2) is 43.3 Å². The molecule has 2 aliphatic rings. The van der Waals surface area contributed by atoms with Crippen LogP contribution in [0.2, 0.25) is 0 Å². The summed E-state index contributed by atoms with van der Waals surface area (Å²) in [5.74, 6) is 2.59. The van der Waals surface area contributed by atoms with Gasteiger partial charge in [0, 0.05) is 25.6 Å². The second-order valence-electron chi connectivity index (χ2n) is 7.66. The van der Waals surface area contributed by atoms with E-state index in [4.69, 9.17) is 9.47 Å². The average molecular weight is 360 g/mol. The van der Waals surface area contributed by atoms with E-state index in [9.17, 15) is 4.79 Å². The smallest absolute Gasteiger partial charge is 0.231 e. The van der Waals surface area contributed by atoms with Gasteiger partial charge < -0.3 is 19.7 Å². The summed E-state index contributed by atoms with van der Waals surface area (Å²) in [7, 11) is 0. The number of hydrogen-bond donors (Lipinski definition) is 1. The molecule has 1 N–H and O–H groups in total. The number of carbonyl (C=O) groups is 1. The monoisotopic (exact) mass is 360 g/mol. The Labute approximate surface area is 157 Å². The van der Waals surface area contributed by atoms with Crippen molar-refractivity contribution in [2.75, 3.05) is 26.4 Å². The first-order valence-corrected chi connectivity index (χ1v) is 10.0. The van der Waals surface area contributed by atoms with Gasteiger partial charge in [0.1, 0.15) is 0 Å². The topological polar surface area (TPSA) is 50.8 Å². The van der Waals surface area contributed by atoms with Gasteiger partial charge in [0.25, 0.3) is 0 Å². The molecule has 1 amide bonds. The predicted molar refractivity (Wildman–Crippen MR) is 103 cm³/mol. The van der Waals surface area contributed by atoms with Crippen LogP contribution in [0.25, 0.3) is 0 Å². The first-order chi connectivity index (χ1) is 12.6. The molecular weight excluding hydrogens is 328 g/mol. The lowest BCUT2D eigenvalue weighted by molar-refractivity contribution is -0.133. The highest BCUT2D eigenvalue weighted by Crippen LogP contribution is 2.33. The van der Waals surface area contributed by atoms with Gasteiger partial charge in [-0.2, -0.15) is 0 Å². The number of nitrogens with one attached hydrogen (secondary N) is 1. The predicted octanol–water partition coefficient (Wildman–Crippen LogP) is 3.36. The molecule has 2 unspecified atom stereocenters. The molecule has 2 aliphatic heterocycles. The Bertz CT molecular complexity index is 605. The number of benzene rings is 1. The molecule has 144 valence electrons. The van der Waals surface area contributed by atoms with E-state index in [1.807, 2.05) is 11.0 Å². The van der Waals surface area contributed by atoms with Gasteiger partial charge in [-0.25, -0.2) is 0 Å². The highest BCUT2D eigenvalue weighted by atomic mass is 16.7. The van der Waals surface area contributed by atoms with Crippen molar-refractivity contribution in [2.45, 2.75) is 58.4 Å². The summed E-state index contributed by atoms with van der Waals surface area (Å²) >= 11 is 0. The van der Waals surface area contributed by atoms with E-state index in [0.717, 1.165) is 63.2 Å². The second-order valence-corrected chi connectivity index (χ2v) is 7.66. The molecule has 0 radical (unpaired) electrons. The van der Waals surface area contributed by atoms with E-state index in [0.29, 0.717) is 24.7 Å². The molecule has 5 nitrogen and oxygen atoms in total. The number of rotatable bonds is 9. The fraction of sp³-hybridized carbons (Fsp3) is 0.667. The van der Waals surface area contributed by atoms with E-state index in [1.165, 1.54) is 12.0 Å². The van der Waals surface area contributed by atoms with Crippen LogP contribution in [0, 0.1) is 5.92 Å². The molecule has 1 saturated heterocycles. The zero-order chi connectivity index (χ0) is 18.4. The summed E-state index contributed by atoms with van der Waals surface area (Å²) in [6, 6.07) is 6.69. The van der Waals surface area contributed by atoms with Crippen LogP contribution in [0.15, 0.2) is 18.2 Å². The normalized spacial score (nSPS) is 18.8. The van der Waals surface area contributed by atoms with Crippen molar-refractivity contribution >= 4 is 5.91 Å². The third kappa shape index (κ3) is 5.13. The Morgan fingerprint density at radius 3 is 2.85 bits per heavy atom. The lowest BCUT2D eigenvalue weighted by Gasteiger charge is -2.27. The first kappa shape index (κ1) is 19.0. The lowest BCUT2D eigenvalue weighted by Crippen LogP contribution is -2.37. The van der Waals surface area contributed by atoms with Crippen LogP contribution in [0.3, 0.4) is 0 Å². The third-order valence-corrected chi connectivity index (χ3v) is 5.59. The molecule has 0 bridgehead atoms. The Morgan fingerprint density at radius 1 is 1.15 bits per heavy atom.